The number of ether oxygens (including phenoxy) is 1. The zero-order valence-corrected chi connectivity index (χ0v) is 10.9. The van der Waals surface area contributed by atoms with Gasteiger partial charge in [-0.05, 0) is 36.1 Å². The van der Waals surface area contributed by atoms with Crippen molar-refractivity contribution in [1.82, 2.24) is 0 Å². The van der Waals surface area contributed by atoms with E-state index in [9.17, 15) is 9.59 Å². The third-order valence-corrected chi connectivity index (χ3v) is 3.02. The maximum Gasteiger partial charge on any atom is 0.338 e. The van der Waals surface area contributed by atoms with Gasteiger partial charge in [-0.1, -0.05) is 30.3 Å². The second-order valence-corrected chi connectivity index (χ2v) is 4.25. The van der Waals surface area contributed by atoms with Gasteiger partial charge in [0, 0.05) is 6.42 Å². The van der Waals surface area contributed by atoms with Gasteiger partial charge in [-0.15, -0.1) is 0 Å². The van der Waals surface area contributed by atoms with Crippen molar-refractivity contribution in [2.45, 2.75) is 19.8 Å². The molecule has 0 aromatic heterocycles. The highest BCUT2D eigenvalue weighted by atomic mass is 16.5. The van der Waals surface area contributed by atoms with Crippen LogP contribution in [0.4, 0.5) is 0 Å². The normalized spacial score (nSPS) is 10.4. The van der Waals surface area contributed by atoms with Gasteiger partial charge < -0.3 is 9.53 Å². The third-order valence-electron chi connectivity index (χ3n) is 3.02. The summed E-state index contributed by atoms with van der Waals surface area (Å²) in [4.78, 5) is 22.5. The summed E-state index contributed by atoms with van der Waals surface area (Å²) in [7, 11) is 0. The van der Waals surface area contributed by atoms with E-state index in [0.717, 1.165) is 23.0 Å². The van der Waals surface area contributed by atoms with Crippen molar-refractivity contribution < 1.29 is 14.3 Å². The van der Waals surface area contributed by atoms with Crippen molar-refractivity contribution in [2.75, 3.05) is 6.61 Å². The predicted molar refractivity (Wildman–Crippen MR) is 73.4 cm³/mol. The van der Waals surface area contributed by atoms with Crippen LogP contribution in [0.15, 0.2) is 36.4 Å². The minimum absolute atomic E-state index is 0.309. The maximum atomic E-state index is 12.0. The number of rotatable bonds is 5. The lowest BCUT2D eigenvalue weighted by Crippen LogP contribution is -2.03. The zero-order chi connectivity index (χ0) is 13.7. The van der Waals surface area contributed by atoms with E-state index in [-0.39, 0.29) is 5.97 Å². The molecule has 0 heterocycles. The summed E-state index contributed by atoms with van der Waals surface area (Å²) < 4.78 is 5.08. The van der Waals surface area contributed by atoms with Crippen molar-refractivity contribution in [3.05, 3.63) is 47.5 Å². The van der Waals surface area contributed by atoms with E-state index in [1.807, 2.05) is 36.4 Å². The highest BCUT2D eigenvalue weighted by molar-refractivity contribution is 6.00. The van der Waals surface area contributed by atoms with Crippen molar-refractivity contribution in [3.63, 3.8) is 0 Å². The summed E-state index contributed by atoms with van der Waals surface area (Å²) >= 11 is 0. The molecule has 3 nitrogen and oxygen atoms in total. The molecule has 0 fully saturated rings. The first-order chi connectivity index (χ1) is 9.27. The molecule has 0 N–H and O–H groups in total. The molecule has 0 saturated heterocycles. The second kappa shape index (κ2) is 6.14. The van der Waals surface area contributed by atoms with Gasteiger partial charge in [0.25, 0.3) is 0 Å². The average Bonchev–Trinajstić information content (AvgIpc) is 2.60. The van der Waals surface area contributed by atoms with E-state index >= 15 is 0 Å². The number of hydrogen-bond donors (Lipinski definition) is 0. The van der Waals surface area contributed by atoms with E-state index in [2.05, 4.69) is 0 Å². The number of esters is 1. The van der Waals surface area contributed by atoms with Crippen molar-refractivity contribution in [3.8, 4) is 11.1 Å². The van der Waals surface area contributed by atoms with Crippen LogP contribution in [0.1, 0.15) is 29.3 Å². The highest BCUT2D eigenvalue weighted by Crippen LogP contribution is 2.32. The van der Waals surface area contributed by atoms with Crippen molar-refractivity contribution >= 4 is 12.3 Å². The lowest BCUT2D eigenvalue weighted by molar-refractivity contribution is -0.107. The molecule has 3 heteroatoms. The van der Waals surface area contributed by atoms with Gasteiger partial charge in [-0.3, -0.25) is 0 Å². The number of aldehydes is 1. The molecule has 0 unspecified atom stereocenters. The second-order valence-electron chi connectivity index (χ2n) is 4.25. The Morgan fingerprint density at radius 3 is 2.63 bits per heavy atom. The monoisotopic (exact) mass is 256 g/mol. The van der Waals surface area contributed by atoms with Gasteiger partial charge in [0.05, 0.1) is 12.2 Å². The van der Waals surface area contributed by atoms with E-state index in [4.69, 9.17) is 4.74 Å². The van der Waals surface area contributed by atoms with Gasteiger partial charge in [0.15, 0.2) is 0 Å². The Kier molecular flexibility index (Phi) is 4.29. The summed E-state index contributed by atoms with van der Waals surface area (Å²) in [6.45, 7) is 2.14. The van der Waals surface area contributed by atoms with Crippen LogP contribution < -0.4 is 0 Å². The summed E-state index contributed by atoms with van der Waals surface area (Å²) in [6.07, 6.45) is 2.00. The van der Waals surface area contributed by atoms with Crippen LogP contribution in [0.25, 0.3) is 11.1 Å². The molecule has 2 aliphatic carbocycles. The fourth-order valence-electron chi connectivity index (χ4n) is 2.19. The average molecular weight is 256 g/mol. The van der Waals surface area contributed by atoms with Crippen molar-refractivity contribution in [2.24, 2.45) is 0 Å². The Labute approximate surface area is 112 Å². The van der Waals surface area contributed by atoms with Gasteiger partial charge in [-0.25, -0.2) is 4.79 Å². The number of hydrogen-bond acceptors (Lipinski definition) is 3. The van der Waals surface area contributed by atoms with Gasteiger partial charge in [0.1, 0.15) is 6.29 Å². The first-order valence-electron chi connectivity index (χ1n) is 6.39. The fourth-order valence-corrected chi connectivity index (χ4v) is 2.19. The molecule has 0 saturated carbocycles. The quantitative estimate of drug-likeness (QED) is 0.610. The van der Waals surface area contributed by atoms with Crippen LogP contribution in [0.3, 0.4) is 0 Å². The van der Waals surface area contributed by atoms with Gasteiger partial charge in [0.2, 0.25) is 0 Å². The molecular weight excluding hydrogens is 240 g/mol. The minimum atomic E-state index is -0.309. The van der Waals surface area contributed by atoms with E-state index in [0.29, 0.717) is 25.0 Å². The van der Waals surface area contributed by atoms with Crippen LogP contribution >= 0.6 is 0 Å². The molecule has 0 radical (unpaired) electrons. The topological polar surface area (TPSA) is 43.4 Å². The van der Waals surface area contributed by atoms with E-state index in [1.54, 1.807) is 6.92 Å². The smallest absolute Gasteiger partial charge is 0.338 e. The SMILES string of the molecule is CCOC(=O)c1cc(CCC=O)c2cccccc1-2. The summed E-state index contributed by atoms with van der Waals surface area (Å²) in [5, 5.41) is 0. The lowest BCUT2D eigenvalue weighted by Gasteiger charge is -2.01. The standard InChI is InChI=1S/C16H16O3/c1-2-19-16(18)15-11-12(7-6-10-17)13-8-4-3-5-9-14(13)15/h3-5,8-11H,2,6-7H2,1H3. The van der Waals surface area contributed by atoms with Crippen LogP contribution in [0.5, 0.6) is 0 Å². The molecular formula is C16H16O3. The van der Waals surface area contributed by atoms with Crippen molar-refractivity contribution in [1.29, 1.82) is 0 Å². The van der Waals surface area contributed by atoms with Crippen LogP contribution in [0, 0.1) is 0 Å². The Bertz CT molecular complexity index is 560. The molecule has 0 aromatic rings. The molecule has 0 spiro atoms. The van der Waals surface area contributed by atoms with E-state index in [1.165, 1.54) is 0 Å². The predicted octanol–water partition coefficient (Wildman–Crippen LogP) is 3.10. The first kappa shape index (κ1) is 13.3. The Balaban J connectivity index is 2.47. The summed E-state index contributed by atoms with van der Waals surface area (Å²) in [5.74, 6) is -0.309. The Hall–Kier alpha value is -2.16. The van der Waals surface area contributed by atoms with Crippen LogP contribution in [0.2, 0.25) is 0 Å². The first-order valence-corrected chi connectivity index (χ1v) is 6.39. The Morgan fingerprint density at radius 1 is 1.21 bits per heavy atom. The fraction of sp³-hybridized carbons (Fsp3) is 0.250. The van der Waals surface area contributed by atoms with Crippen LogP contribution in [-0.2, 0) is 16.0 Å². The molecule has 0 aromatic carbocycles. The number of carbonyl (C=O) groups is 2. The molecule has 0 atom stereocenters. The van der Waals surface area contributed by atoms with Gasteiger partial charge in [-0.2, -0.15) is 0 Å². The molecule has 0 bridgehead atoms. The Morgan fingerprint density at radius 2 is 1.95 bits per heavy atom. The summed E-state index contributed by atoms with van der Waals surface area (Å²) in [5.41, 5.74) is 3.48. The molecule has 2 aliphatic rings. The maximum absolute atomic E-state index is 12.0. The molecule has 98 valence electrons. The summed E-state index contributed by atoms with van der Waals surface area (Å²) in [6, 6.07) is 11.5. The molecule has 0 aliphatic heterocycles. The van der Waals surface area contributed by atoms with E-state index < -0.39 is 0 Å². The molecule has 2 rings (SSSR count). The van der Waals surface area contributed by atoms with Crippen LogP contribution in [-0.4, -0.2) is 18.9 Å². The minimum Gasteiger partial charge on any atom is -0.462 e. The number of aryl methyl sites for hydroxylation is 1. The third kappa shape index (κ3) is 2.81. The molecule has 19 heavy (non-hydrogen) atoms. The number of carbonyl (C=O) groups excluding carboxylic acids is 2. The lowest BCUT2D eigenvalue weighted by atomic mass is 10.1. The zero-order valence-electron chi connectivity index (χ0n) is 10.9. The number of fused-ring (bicyclic) bond motifs is 1. The molecule has 0 amide bonds. The van der Waals surface area contributed by atoms with Gasteiger partial charge >= 0.3 is 5.97 Å². The highest BCUT2D eigenvalue weighted by Gasteiger charge is 2.20. The largest absolute Gasteiger partial charge is 0.462 e.